The molecular formula is C13H23N3O8. The molecule has 1 rings (SSSR count). The van der Waals surface area contributed by atoms with Gasteiger partial charge in [0, 0.05) is 13.0 Å². The van der Waals surface area contributed by atoms with Crippen LogP contribution in [0.25, 0.3) is 0 Å². The van der Waals surface area contributed by atoms with Crippen LogP contribution < -0.4 is 16.0 Å². The highest BCUT2D eigenvalue weighted by molar-refractivity contribution is 5.69. The average Bonchev–Trinajstić information content (AvgIpc) is 2.49. The molecule has 1 aliphatic carbocycles. The summed E-state index contributed by atoms with van der Waals surface area (Å²) in [6.45, 7) is -0.932. The Bertz CT molecular complexity index is 417. The monoisotopic (exact) mass is 349 g/mol. The molecule has 1 saturated carbocycles. The molecule has 0 amide bonds. The van der Waals surface area contributed by atoms with E-state index in [4.69, 9.17) is 10.2 Å². The van der Waals surface area contributed by atoms with Crippen molar-refractivity contribution in [2.75, 3.05) is 19.6 Å². The topological polar surface area (TPSA) is 188 Å². The second-order valence-electron chi connectivity index (χ2n) is 5.51. The Balaban J connectivity index is 2.90. The molecule has 24 heavy (non-hydrogen) atoms. The van der Waals surface area contributed by atoms with E-state index in [1.54, 1.807) is 0 Å². The molecule has 0 radical (unpaired) electrons. The molecule has 138 valence electrons. The van der Waals surface area contributed by atoms with E-state index < -0.39 is 61.5 Å². The highest BCUT2D eigenvalue weighted by atomic mass is 16.4. The molecule has 0 bridgehead atoms. The largest absolute Gasteiger partial charge is 0.480 e. The van der Waals surface area contributed by atoms with Crippen LogP contribution in [0.1, 0.15) is 6.42 Å². The van der Waals surface area contributed by atoms with Crippen LogP contribution in [0.15, 0.2) is 0 Å². The van der Waals surface area contributed by atoms with Gasteiger partial charge in [0.15, 0.2) is 0 Å². The van der Waals surface area contributed by atoms with Crippen molar-refractivity contribution in [1.82, 2.24) is 16.0 Å². The molecule has 0 aliphatic heterocycles. The maximum absolute atomic E-state index is 10.7. The van der Waals surface area contributed by atoms with Crippen LogP contribution in [0, 0.1) is 0 Å². The van der Waals surface area contributed by atoms with E-state index in [9.17, 15) is 29.7 Å². The highest BCUT2D eigenvalue weighted by Crippen LogP contribution is 2.22. The summed E-state index contributed by atoms with van der Waals surface area (Å²) >= 11 is 0. The van der Waals surface area contributed by atoms with E-state index in [1.807, 2.05) is 0 Å². The van der Waals surface area contributed by atoms with Crippen LogP contribution >= 0.6 is 0 Å². The molecule has 4 unspecified atom stereocenters. The fourth-order valence-corrected chi connectivity index (χ4v) is 2.72. The zero-order valence-electron chi connectivity index (χ0n) is 12.8. The molecule has 0 aromatic heterocycles. The maximum atomic E-state index is 10.7. The van der Waals surface area contributed by atoms with Crippen LogP contribution in [-0.2, 0) is 14.4 Å². The predicted molar refractivity (Wildman–Crippen MR) is 79.3 cm³/mol. The number of rotatable bonds is 10. The van der Waals surface area contributed by atoms with Crippen LogP contribution in [0.5, 0.6) is 0 Å². The van der Waals surface area contributed by atoms with Crippen molar-refractivity contribution in [2.45, 2.75) is 42.9 Å². The number of carboxylic acid groups (broad SMARTS) is 2. The first-order valence-electron chi connectivity index (χ1n) is 7.41. The van der Waals surface area contributed by atoms with Gasteiger partial charge in [0.2, 0.25) is 0 Å². The number of aliphatic hydroxyl groups is 3. The first kappa shape index (κ1) is 20.4. The van der Waals surface area contributed by atoms with Crippen LogP contribution in [0.3, 0.4) is 0 Å². The third-order valence-electron chi connectivity index (χ3n) is 3.83. The fourth-order valence-electron chi connectivity index (χ4n) is 2.72. The van der Waals surface area contributed by atoms with Crippen LogP contribution in [0.2, 0.25) is 0 Å². The Morgan fingerprint density at radius 3 is 1.50 bits per heavy atom. The summed E-state index contributed by atoms with van der Waals surface area (Å²) in [5.74, 6) is -2.41. The minimum absolute atomic E-state index is 0.124. The first-order chi connectivity index (χ1) is 11.3. The first-order valence-corrected chi connectivity index (χ1v) is 7.41. The van der Waals surface area contributed by atoms with Gasteiger partial charge in [-0.25, -0.2) is 0 Å². The minimum Gasteiger partial charge on any atom is -0.480 e. The number of hydrogen-bond donors (Lipinski definition) is 8. The highest BCUT2D eigenvalue weighted by Gasteiger charge is 2.49. The number of nitrogens with one attached hydrogen (secondary N) is 3. The molecule has 0 heterocycles. The lowest BCUT2D eigenvalue weighted by molar-refractivity contribution is -0.138. The molecule has 11 heteroatoms. The van der Waals surface area contributed by atoms with Crippen molar-refractivity contribution in [3.8, 4) is 0 Å². The van der Waals surface area contributed by atoms with Gasteiger partial charge in [-0.05, 0) is 0 Å². The Hall–Kier alpha value is -1.63. The summed E-state index contributed by atoms with van der Waals surface area (Å²) in [5, 5.41) is 56.0. The van der Waals surface area contributed by atoms with Gasteiger partial charge in [-0.3, -0.25) is 20.2 Å². The van der Waals surface area contributed by atoms with Gasteiger partial charge in [-0.2, -0.15) is 0 Å². The van der Waals surface area contributed by atoms with Crippen LogP contribution in [0.4, 0.5) is 0 Å². The zero-order chi connectivity index (χ0) is 18.3. The third-order valence-corrected chi connectivity index (χ3v) is 3.83. The second kappa shape index (κ2) is 9.61. The van der Waals surface area contributed by atoms with Crippen molar-refractivity contribution in [3.05, 3.63) is 0 Å². The lowest BCUT2D eigenvalue weighted by Gasteiger charge is -2.46. The lowest BCUT2D eigenvalue weighted by atomic mass is 9.79. The van der Waals surface area contributed by atoms with Crippen molar-refractivity contribution in [3.63, 3.8) is 0 Å². The number of aliphatic hydroxyl groups excluding tert-OH is 3. The third kappa shape index (κ3) is 5.47. The number of hydrogen-bond acceptors (Lipinski definition) is 9. The van der Waals surface area contributed by atoms with E-state index in [-0.39, 0.29) is 13.0 Å². The summed E-state index contributed by atoms with van der Waals surface area (Å²) < 4.78 is 0. The van der Waals surface area contributed by atoms with Gasteiger partial charge in [-0.15, -0.1) is 0 Å². The number of aliphatic carboxylic acids is 2. The Labute approximate surface area is 137 Å². The van der Waals surface area contributed by atoms with Crippen LogP contribution in [-0.4, -0.2) is 99.8 Å². The van der Waals surface area contributed by atoms with Gasteiger partial charge < -0.3 is 35.6 Å². The molecule has 4 atom stereocenters. The Morgan fingerprint density at radius 1 is 0.792 bits per heavy atom. The standard InChI is InChI=1S/C13H23N3O8/c17-3-1-2-14-8-11(22)9(15-4-6(18)19)13(24)10(12(8)23)16-5-7(20)21/h3,8-16,22-24H,1-2,4-5H2,(H,18,19)(H,20,21). The average molecular weight is 349 g/mol. The summed E-state index contributed by atoms with van der Waals surface area (Å²) in [5.41, 5.74) is 0. The van der Waals surface area contributed by atoms with Crippen molar-refractivity contribution in [1.29, 1.82) is 0 Å². The molecule has 1 aliphatic rings. The van der Waals surface area contributed by atoms with Crippen molar-refractivity contribution >= 4 is 18.2 Å². The van der Waals surface area contributed by atoms with E-state index >= 15 is 0 Å². The SMILES string of the molecule is O=CCCNC1C(O)C(NCC(=O)O)C(O)C(NCC(=O)O)C1O. The molecule has 0 spiro atoms. The Kier molecular flexibility index (Phi) is 8.18. The molecular weight excluding hydrogens is 326 g/mol. The molecule has 11 nitrogen and oxygen atoms in total. The van der Waals surface area contributed by atoms with Gasteiger partial charge in [0.05, 0.1) is 49.5 Å². The van der Waals surface area contributed by atoms with Crippen molar-refractivity contribution < 1.29 is 39.9 Å². The van der Waals surface area contributed by atoms with E-state index in [0.29, 0.717) is 6.29 Å². The summed E-state index contributed by atoms with van der Waals surface area (Å²) in [6.07, 6.45) is -3.38. The van der Waals surface area contributed by atoms with Crippen molar-refractivity contribution in [2.24, 2.45) is 0 Å². The predicted octanol–water partition coefficient (Wildman–Crippen LogP) is -4.28. The Morgan fingerprint density at radius 2 is 1.17 bits per heavy atom. The maximum Gasteiger partial charge on any atom is 0.317 e. The number of carboxylic acids is 2. The van der Waals surface area contributed by atoms with E-state index in [1.165, 1.54) is 0 Å². The lowest BCUT2D eigenvalue weighted by Crippen LogP contribution is -2.74. The molecule has 0 aromatic rings. The van der Waals surface area contributed by atoms with Gasteiger partial charge in [0.1, 0.15) is 6.29 Å². The fraction of sp³-hybridized carbons (Fsp3) is 0.769. The summed E-state index contributed by atoms with van der Waals surface area (Å²) in [6, 6.07) is -3.24. The summed E-state index contributed by atoms with van der Waals surface area (Å²) in [7, 11) is 0. The smallest absolute Gasteiger partial charge is 0.317 e. The van der Waals surface area contributed by atoms with E-state index in [2.05, 4.69) is 16.0 Å². The molecule has 0 saturated heterocycles. The quantitative estimate of drug-likeness (QED) is 0.141. The number of carbonyl (C=O) groups is 3. The van der Waals surface area contributed by atoms with E-state index in [0.717, 1.165) is 0 Å². The number of aldehydes is 1. The number of carbonyl (C=O) groups excluding carboxylic acids is 1. The molecule has 8 N–H and O–H groups in total. The zero-order valence-corrected chi connectivity index (χ0v) is 12.8. The second-order valence-corrected chi connectivity index (χ2v) is 5.51. The summed E-state index contributed by atoms with van der Waals surface area (Å²) in [4.78, 5) is 31.8. The molecule has 0 aromatic carbocycles. The molecule has 1 fully saturated rings. The van der Waals surface area contributed by atoms with Gasteiger partial charge in [-0.1, -0.05) is 0 Å². The minimum atomic E-state index is -1.43. The normalized spacial score (nSPS) is 33.1. The van der Waals surface area contributed by atoms with Gasteiger partial charge >= 0.3 is 11.9 Å². The van der Waals surface area contributed by atoms with Gasteiger partial charge in [0.25, 0.3) is 0 Å².